The predicted molar refractivity (Wildman–Crippen MR) is 123 cm³/mol. The average Bonchev–Trinajstić information content (AvgIpc) is 2.71. The molecule has 0 saturated heterocycles. The fourth-order valence-electron chi connectivity index (χ4n) is 9.38. The van der Waals surface area contributed by atoms with E-state index in [0.29, 0.717) is 24.7 Å². The second-order valence-corrected chi connectivity index (χ2v) is 13.0. The minimum Gasteiger partial charge on any atom is -0.480 e. The number of aliphatic hydroxyl groups excluding tert-OH is 1. The van der Waals surface area contributed by atoms with Crippen LogP contribution in [0.2, 0.25) is 0 Å². The Kier molecular flexibility index (Phi) is 5.64. The van der Waals surface area contributed by atoms with Crippen molar-refractivity contribution in [3.63, 3.8) is 0 Å². The molecule has 0 aliphatic heterocycles. The highest BCUT2D eigenvalue weighted by molar-refractivity contribution is 6.05. The summed E-state index contributed by atoms with van der Waals surface area (Å²) in [4.78, 5) is 37.7. The number of ether oxygens (including phenoxy) is 1. The molecule has 0 spiro atoms. The predicted octanol–water partition coefficient (Wildman–Crippen LogP) is 4.62. The Morgan fingerprint density at radius 3 is 2.18 bits per heavy atom. The number of carboxylic acid groups (broad SMARTS) is 1. The minimum absolute atomic E-state index is 0.0682. The molecule has 0 radical (unpaired) electrons. The number of rotatable bonds is 3. The summed E-state index contributed by atoms with van der Waals surface area (Å²) >= 11 is 0. The summed E-state index contributed by atoms with van der Waals surface area (Å²) in [5.74, 6) is -1.41. The van der Waals surface area contributed by atoms with Gasteiger partial charge in [0, 0.05) is 12.8 Å². The molecule has 0 unspecified atom stereocenters. The number of aliphatic carboxylic acids is 1. The molecule has 0 heterocycles. The number of aliphatic hydroxyl groups is 1. The van der Waals surface area contributed by atoms with Crippen LogP contribution in [0.15, 0.2) is 0 Å². The van der Waals surface area contributed by atoms with Gasteiger partial charge in [-0.1, -0.05) is 34.6 Å². The maximum absolute atomic E-state index is 13.9. The smallest absolute Gasteiger partial charge is 0.320 e. The Morgan fingerprint density at radius 2 is 1.58 bits per heavy atom. The molecule has 8 atom stereocenters. The van der Waals surface area contributed by atoms with Crippen LogP contribution in [0.1, 0.15) is 92.9 Å². The van der Waals surface area contributed by atoms with Gasteiger partial charge >= 0.3 is 11.9 Å². The second-order valence-electron chi connectivity index (χ2n) is 13.0. The van der Waals surface area contributed by atoms with Gasteiger partial charge in [-0.3, -0.25) is 14.4 Å². The maximum atomic E-state index is 13.9. The molecule has 0 amide bonds. The largest absolute Gasteiger partial charge is 0.480 e. The van der Waals surface area contributed by atoms with Crippen LogP contribution >= 0.6 is 0 Å². The highest BCUT2D eigenvalue weighted by Gasteiger charge is 2.70. The Bertz CT molecular complexity index is 865. The van der Waals surface area contributed by atoms with Crippen LogP contribution in [-0.4, -0.2) is 40.6 Å². The summed E-state index contributed by atoms with van der Waals surface area (Å²) < 4.78 is 5.12. The highest BCUT2D eigenvalue weighted by atomic mass is 16.5. The van der Waals surface area contributed by atoms with E-state index in [-0.39, 0.29) is 52.5 Å². The summed E-state index contributed by atoms with van der Waals surface area (Å²) in [6.45, 7) is 12.3. The lowest BCUT2D eigenvalue weighted by Gasteiger charge is -2.71. The van der Waals surface area contributed by atoms with E-state index in [1.54, 1.807) is 0 Å². The third-order valence-corrected chi connectivity index (χ3v) is 11.6. The van der Waals surface area contributed by atoms with Gasteiger partial charge in [0.15, 0.2) is 11.2 Å². The van der Waals surface area contributed by atoms with Crippen molar-refractivity contribution in [1.29, 1.82) is 0 Å². The van der Waals surface area contributed by atoms with E-state index in [9.17, 15) is 24.6 Å². The number of hydrogen-bond acceptors (Lipinski definition) is 5. The topological polar surface area (TPSA) is 101 Å². The number of hydrogen-bond donors (Lipinski definition) is 2. The summed E-state index contributed by atoms with van der Waals surface area (Å²) in [5.41, 5.74) is -2.00. The first kappa shape index (κ1) is 24.7. The standard InChI is InChI=1S/C27H42O6/c1-16(28)33-15-27(22(31)32)14-13-25(5)17(21(27)30)7-8-19-24(4)11-10-20(29)23(2,3)18(24)9-12-26(19,25)6/h17-20,29H,7-15H2,1-6H3,(H,31,32)/t17-,18+,19-,20+,24+,25-,26-,27+/m1/s1. The van der Waals surface area contributed by atoms with E-state index in [1.165, 1.54) is 6.92 Å². The van der Waals surface area contributed by atoms with Crippen LogP contribution in [0.3, 0.4) is 0 Å². The zero-order valence-corrected chi connectivity index (χ0v) is 21.2. The van der Waals surface area contributed by atoms with Crippen molar-refractivity contribution in [3.05, 3.63) is 0 Å². The van der Waals surface area contributed by atoms with Gasteiger partial charge in [0.2, 0.25) is 0 Å². The summed E-state index contributed by atoms with van der Waals surface area (Å²) in [5, 5.41) is 20.9. The van der Waals surface area contributed by atoms with Gasteiger partial charge < -0.3 is 14.9 Å². The molecule has 6 heteroatoms. The summed E-state index contributed by atoms with van der Waals surface area (Å²) in [6, 6.07) is 0. The van der Waals surface area contributed by atoms with Crippen LogP contribution in [0.25, 0.3) is 0 Å². The van der Waals surface area contributed by atoms with Crippen LogP contribution in [-0.2, 0) is 19.1 Å². The maximum Gasteiger partial charge on any atom is 0.320 e. The van der Waals surface area contributed by atoms with Crippen LogP contribution in [0, 0.1) is 44.8 Å². The van der Waals surface area contributed by atoms with Gasteiger partial charge in [-0.15, -0.1) is 0 Å². The average molecular weight is 463 g/mol. The van der Waals surface area contributed by atoms with Crippen molar-refractivity contribution < 1.29 is 29.3 Å². The molecule has 6 nitrogen and oxygen atoms in total. The molecule has 2 N–H and O–H groups in total. The molecule has 4 saturated carbocycles. The molecular formula is C27H42O6. The first-order valence-electron chi connectivity index (χ1n) is 12.8. The first-order valence-corrected chi connectivity index (χ1v) is 12.8. The van der Waals surface area contributed by atoms with E-state index < -0.39 is 17.4 Å². The second kappa shape index (κ2) is 7.53. The van der Waals surface area contributed by atoms with Crippen molar-refractivity contribution in [3.8, 4) is 0 Å². The van der Waals surface area contributed by atoms with Gasteiger partial charge in [0.05, 0.1) is 6.10 Å². The number of carbonyl (C=O) groups is 3. The van der Waals surface area contributed by atoms with Gasteiger partial charge in [0.25, 0.3) is 0 Å². The molecular weight excluding hydrogens is 420 g/mol. The molecule has 0 aromatic rings. The van der Waals surface area contributed by atoms with Gasteiger partial charge in [-0.05, 0) is 84.9 Å². The molecule has 0 bridgehead atoms. The lowest BCUT2D eigenvalue weighted by atomic mass is 9.33. The number of ketones is 1. The fourth-order valence-corrected chi connectivity index (χ4v) is 9.38. The van der Waals surface area contributed by atoms with Gasteiger partial charge in [-0.2, -0.15) is 0 Å². The Labute approximate surface area is 197 Å². The van der Waals surface area contributed by atoms with Crippen molar-refractivity contribution in [1.82, 2.24) is 0 Å². The van der Waals surface area contributed by atoms with Crippen molar-refractivity contribution >= 4 is 17.7 Å². The minimum atomic E-state index is -1.63. The van der Waals surface area contributed by atoms with E-state index in [2.05, 4.69) is 34.6 Å². The molecule has 4 rings (SSSR count). The van der Waals surface area contributed by atoms with Crippen molar-refractivity contribution in [2.45, 2.75) is 99.0 Å². The lowest BCUT2D eigenvalue weighted by Crippen LogP contribution is -2.67. The molecule has 4 fully saturated rings. The van der Waals surface area contributed by atoms with Crippen LogP contribution in [0.4, 0.5) is 0 Å². The fraction of sp³-hybridized carbons (Fsp3) is 0.889. The lowest BCUT2D eigenvalue weighted by molar-refractivity contribution is -0.234. The molecule has 0 aromatic carbocycles. The Hall–Kier alpha value is -1.43. The van der Waals surface area contributed by atoms with Crippen LogP contribution < -0.4 is 0 Å². The molecule has 4 aliphatic rings. The van der Waals surface area contributed by atoms with E-state index >= 15 is 0 Å². The van der Waals surface area contributed by atoms with E-state index in [0.717, 1.165) is 32.1 Å². The van der Waals surface area contributed by atoms with Gasteiger partial charge in [0.1, 0.15) is 6.61 Å². The quantitative estimate of drug-likeness (QED) is 0.469. The molecule has 33 heavy (non-hydrogen) atoms. The van der Waals surface area contributed by atoms with E-state index in [4.69, 9.17) is 4.74 Å². The Morgan fingerprint density at radius 1 is 0.909 bits per heavy atom. The summed E-state index contributed by atoms with van der Waals surface area (Å²) in [6.07, 6.45) is 6.03. The third-order valence-electron chi connectivity index (χ3n) is 11.6. The molecule has 186 valence electrons. The van der Waals surface area contributed by atoms with Gasteiger partial charge in [-0.25, -0.2) is 0 Å². The SMILES string of the molecule is CC(=O)OC[C@@]1(C(=O)O)CC[C@]2(C)[C@H](CC[C@@H]3[C@@]4(C)CC[C@H](O)C(C)(C)[C@@H]4CC[C@]32C)C1=O. The monoisotopic (exact) mass is 462 g/mol. The number of carbonyl (C=O) groups excluding carboxylic acids is 2. The number of fused-ring (bicyclic) bond motifs is 5. The number of carboxylic acids is 1. The third kappa shape index (κ3) is 3.11. The number of esters is 1. The Balaban J connectivity index is 1.70. The van der Waals surface area contributed by atoms with Crippen LogP contribution in [0.5, 0.6) is 0 Å². The summed E-state index contributed by atoms with van der Waals surface area (Å²) in [7, 11) is 0. The first-order chi connectivity index (χ1) is 15.2. The zero-order chi connectivity index (χ0) is 24.6. The van der Waals surface area contributed by atoms with Crippen molar-refractivity contribution in [2.75, 3.05) is 6.61 Å². The zero-order valence-electron chi connectivity index (χ0n) is 21.2. The van der Waals surface area contributed by atoms with E-state index in [1.807, 2.05) is 0 Å². The normalized spacial score (nSPS) is 48.8. The highest BCUT2D eigenvalue weighted by Crippen LogP contribution is 2.74. The number of Topliss-reactive ketones (excluding diaryl/α,β-unsaturated/α-hetero) is 1. The molecule has 0 aromatic heterocycles. The molecule has 4 aliphatic carbocycles. The van der Waals surface area contributed by atoms with Crippen molar-refractivity contribution in [2.24, 2.45) is 44.8 Å².